The number of nitrogens with one attached hydrogen (secondary N) is 1. The molecule has 0 aromatic heterocycles. The molecule has 2 rings (SSSR count). The molecule has 0 aromatic carbocycles. The van der Waals surface area contributed by atoms with Crippen LogP contribution in [0.25, 0.3) is 0 Å². The van der Waals surface area contributed by atoms with Crippen LogP contribution in [-0.4, -0.2) is 29.4 Å². The van der Waals surface area contributed by atoms with Crippen LogP contribution in [0.5, 0.6) is 0 Å². The van der Waals surface area contributed by atoms with Gasteiger partial charge in [-0.05, 0) is 24.7 Å². The number of imide groups is 1. The fraction of sp³-hybridized carbons (Fsp3) is 0.833. The van der Waals surface area contributed by atoms with Crippen molar-refractivity contribution < 1.29 is 9.59 Å². The highest BCUT2D eigenvalue weighted by atomic mass is 16.2. The normalized spacial score (nSPS) is 35.4. The average Bonchev–Trinajstić information content (AvgIpc) is 2.60. The number of carbonyl (C=O) groups excluding carboxylic acids is 2. The van der Waals surface area contributed by atoms with Gasteiger partial charge in [0.25, 0.3) is 0 Å². The van der Waals surface area contributed by atoms with Crippen LogP contribution in [-0.2, 0) is 4.79 Å². The van der Waals surface area contributed by atoms with Gasteiger partial charge in [0.15, 0.2) is 0 Å². The molecule has 0 aromatic rings. The van der Waals surface area contributed by atoms with E-state index in [4.69, 9.17) is 0 Å². The summed E-state index contributed by atoms with van der Waals surface area (Å²) in [6, 6.07) is 0.142. The number of carbonyl (C=O) groups is 2. The predicted octanol–water partition coefficient (Wildman–Crippen LogP) is 1.75. The minimum absolute atomic E-state index is 0.140. The van der Waals surface area contributed by atoms with Crippen molar-refractivity contribution in [3.8, 4) is 0 Å². The quantitative estimate of drug-likeness (QED) is 0.777. The lowest BCUT2D eigenvalue weighted by Crippen LogP contribution is -2.54. The van der Waals surface area contributed by atoms with Crippen LogP contribution in [0.2, 0.25) is 0 Å². The standard InChI is InChI=1S/C12H20N2O2/c1-3-9-4-5-10(8(9)2)14-7-6-11(15)13-12(14)16/h8-10H,3-7H2,1-2H3,(H,13,15,16). The smallest absolute Gasteiger partial charge is 0.321 e. The highest BCUT2D eigenvalue weighted by Crippen LogP contribution is 2.37. The van der Waals surface area contributed by atoms with Crippen molar-refractivity contribution in [2.45, 2.75) is 45.6 Å². The Hall–Kier alpha value is -1.06. The Bertz CT molecular complexity index is 303. The van der Waals surface area contributed by atoms with Gasteiger partial charge < -0.3 is 4.90 Å². The molecule has 1 aliphatic carbocycles. The molecule has 0 spiro atoms. The molecule has 1 heterocycles. The third-order valence-corrected chi connectivity index (χ3v) is 4.20. The summed E-state index contributed by atoms with van der Waals surface area (Å²) in [6.07, 6.45) is 3.93. The van der Waals surface area contributed by atoms with Crippen molar-refractivity contribution >= 4 is 11.9 Å². The molecular weight excluding hydrogens is 204 g/mol. The highest BCUT2D eigenvalue weighted by Gasteiger charge is 2.39. The summed E-state index contributed by atoms with van der Waals surface area (Å²) in [5, 5.41) is 2.41. The van der Waals surface area contributed by atoms with E-state index in [-0.39, 0.29) is 11.9 Å². The third kappa shape index (κ3) is 1.93. The van der Waals surface area contributed by atoms with Crippen LogP contribution in [0.4, 0.5) is 4.79 Å². The molecule has 4 heteroatoms. The molecule has 2 aliphatic rings. The van der Waals surface area contributed by atoms with Crippen molar-refractivity contribution in [2.75, 3.05) is 6.54 Å². The molecule has 0 bridgehead atoms. The van der Waals surface area contributed by atoms with Gasteiger partial charge in [-0.1, -0.05) is 20.3 Å². The number of hydrogen-bond acceptors (Lipinski definition) is 2. The van der Waals surface area contributed by atoms with E-state index in [0.29, 0.717) is 24.9 Å². The number of amides is 3. The van der Waals surface area contributed by atoms with Crippen molar-refractivity contribution in [2.24, 2.45) is 11.8 Å². The van der Waals surface area contributed by atoms with Gasteiger partial charge in [0.1, 0.15) is 0 Å². The lowest BCUT2D eigenvalue weighted by Gasteiger charge is -2.35. The zero-order valence-electron chi connectivity index (χ0n) is 10.0. The topological polar surface area (TPSA) is 49.4 Å². The fourth-order valence-corrected chi connectivity index (χ4v) is 3.13. The van der Waals surface area contributed by atoms with E-state index in [2.05, 4.69) is 19.2 Å². The van der Waals surface area contributed by atoms with Gasteiger partial charge in [-0.15, -0.1) is 0 Å². The Morgan fingerprint density at radius 2 is 2.12 bits per heavy atom. The summed E-state index contributed by atoms with van der Waals surface area (Å²) in [5.74, 6) is 1.15. The van der Waals surface area contributed by atoms with Gasteiger partial charge in [-0.2, -0.15) is 0 Å². The summed E-state index contributed by atoms with van der Waals surface area (Å²) in [6.45, 7) is 5.04. The maximum Gasteiger partial charge on any atom is 0.324 e. The summed E-state index contributed by atoms with van der Waals surface area (Å²) in [4.78, 5) is 24.7. The second kappa shape index (κ2) is 4.44. The van der Waals surface area contributed by atoms with Gasteiger partial charge in [-0.25, -0.2) is 4.79 Å². The molecule has 16 heavy (non-hydrogen) atoms. The zero-order chi connectivity index (χ0) is 11.7. The van der Waals surface area contributed by atoms with E-state index < -0.39 is 0 Å². The average molecular weight is 224 g/mol. The Labute approximate surface area is 96.4 Å². The first-order valence-electron chi connectivity index (χ1n) is 6.24. The van der Waals surface area contributed by atoms with Gasteiger partial charge in [0.05, 0.1) is 0 Å². The molecule has 3 atom stereocenters. The maximum absolute atomic E-state index is 11.7. The van der Waals surface area contributed by atoms with E-state index in [1.807, 2.05) is 4.90 Å². The first-order chi connectivity index (χ1) is 7.63. The van der Waals surface area contributed by atoms with Crippen molar-refractivity contribution in [3.05, 3.63) is 0 Å². The Morgan fingerprint density at radius 1 is 1.38 bits per heavy atom. The second-order valence-electron chi connectivity index (χ2n) is 4.97. The minimum Gasteiger partial charge on any atom is -0.321 e. The molecule has 3 amide bonds. The van der Waals surface area contributed by atoms with Crippen LogP contribution in [0.3, 0.4) is 0 Å². The molecular formula is C12H20N2O2. The van der Waals surface area contributed by atoms with E-state index >= 15 is 0 Å². The summed E-state index contributed by atoms with van der Waals surface area (Å²) in [5.41, 5.74) is 0. The first-order valence-corrected chi connectivity index (χ1v) is 6.24. The SMILES string of the molecule is CCC1CCC(N2CCC(=O)NC2=O)C1C. The number of hydrogen-bond donors (Lipinski definition) is 1. The van der Waals surface area contributed by atoms with E-state index in [1.165, 1.54) is 12.8 Å². The third-order valence-electron chi connectivity index (χ3n) is 4.20. The van der Waals surface area contributed by atoms with Gasteiger partial charge in [0, 0.05) is 19.0 Å². The second-order valence-corrected chi connectivity index (χ2v) is 4.97. The molecule has 0 radical (unpaired) electrons. The van der Waals surface area contributed by atoms with Crippen molar-refractivity contribution in [1.82, 2.24) is 10.2 Å². The van der Waals surface area contributed by atoms with Gasteiger partial charge >= 0.3 is 6.03 Å². The van der Waals surface area contributed by atoms with E-state index in [0.717, 1.165) is 12.3 Å². The molecule has 1 saturated carbocycles. The lowest BCUT2D eigenvalue weighted by atomic mass is 9.93. The van der Waals surface area contributed by atoms with Gasteiger partial charge in [0.2, 0.25) is 5.91 Å². The Balaban J connectivity index is 2.03. The predicted molar refractivity (Wildman–Crippen MR) is 60.8 cm³/mol. The Kier molecular flexibility index (Phi) is 3.17. The van der Waals surface area contributed by atoms with Crippen LogP contribution in [0, 0.1) is 11.8 Å². The first kappa shape index (κ1) is 11.4. The molecule has 4 nitrogen and oxygen atoms in total. The lowest BCUT2D eigenvalue weighted by molar-refractivity contribution is -0.121. The summed E-state index contributed by atoms with van der Waals surface area (Å²) >= 11 is 0. The largest absolute Gasteiger partial charge is 0.324 e. The number of urea groups is 1. The fourth-order valence-electron chi connectivity index (χ4n) is 3.13. The van der Waals surface area contributed by atoms with Gasteiger partial charge in [-0.3, -0.25) is 10.1 Å². The Morgan fingerprint density at radius 3 is 2.69 bits per heavy atom. The molecule has 2 fully saturated rings. The van der Waals surface area contributed by atoms with Crippen LogP contribution in [0.1, 0.15) is 39.5 Å². The summed E-state index contributed by atoms with van der Waals surface area (Å²) < 4.78 is 0. The van der Waals surface area contributed by atoms with Crippen molar-refractivity contribution in [3.63, 3.8) is 0 Å². The van der Waals surface area contributed by atoms with Crippen LogP contribution < -0.4 is 5.32 Å². The molecule has 1 N–H and O–H groups in total. The maximum atomic E-state index is 11.7. The zero-order valence-corrected chi connectivity index (χ0v) is 10.0. The van der Waals surface area contributed by atoms with E-state index in [9.17, 15) is 9.59 Å². The molecule has 1 aliphatic heterocycles. The van der Waals surface area contributed by atoms with E-state index in [1.54, 1.807) is 0 Å². The monoisotopic (exact) mass is 224 g/mol. The van der Waals surface area contributed by atoms with Crippen LogP contribution in [0.15, 0.2) is 0 Å². The minimum atomic E-state index is -0.190. The number of rotatable bonds is 2. The highest BCUT2D eigenvalue weighted by molar-refractivity contribution is 5.96. The summed E-state index contributed by atoms with van der Waals surface area (Å²) in [7, 11) is 0. The molecule has 90 valence electrons. The molecule has 1 saturated heterocycles. The number of nitrogens with zero attached hydrogens (tertiary/aromatic N) is 1. The van der Waals surface area contributed by atoms with Crippen molar-refractivity contribution in [1.29, 1.82) is 0 Å². The molecule has 3 unspecified atom stereocenters. The van der Waals surface area contributed by atoms with Crippen LogP contribution >= 0.6 is 0 Å².